The first kappa shape index (κ1) is 14.4. The summed E-state index contributed by atoms with van der Waals surface area (Å²) >= 11 is 0. The summed E-state index contributed by atoms with van der Waals surface area (Å²) in [5.41, 5.74) is -2.44. The number of imide groups is 1. The lowest BCUT2D eigenvalue weighted by atomic mass is 10.0. The predicted octanol–water partition coefficient (Wildman–Crippen LogP) is 1.59. The largest absolute Gasteiger partial charge is 0.416 e. The number of rotatable bonds is 1. The highest BCUT2D eigenvalue weighted by Crippen LogP contribution is 2.33. The van der Waals surface area contributed by atoms with E-state index in [1.807, 2.05) is 0 Å². The molecule has 0 saturated carbocycles. The van der Waals surface area contributed by atoms with Gasteiger partial charge in [-0.25, -0.2) is 9.69 Å². The van der Waals surface area contributed by atoms with Crippen molar-refractivity contribution in [3.8, 4) is 0 Å². The number of nitrogens with one attached hydrogen (secondary N) is 1. The molecule has 1 fully saturated rings. The van der Waals surface area contributed by atoms with E-state index in [1.165, 1.54) is 25.8 Å². The second-order valence-corrected chi connectivity index (χ2v) is 4.97. The average Bonchev–Trinajstić information content (AvgIpc) is 2.53. The van der Waals surface area contributed by atoms with Gasteiger partial charge in [0.15, 0.2) is 0 Å². The van der Waals surface area contributed by atoms with E-state index in [0.717, 1.165) is 23.3 Å². The molecule has 0 aromatic carbocycles. The zero-order valence-electron chi connectivity index (χ0n) is 11.2. The number of allylic oxidation sites excluding steroid dienone is 2. The summed E-state index contributed by atoms with van der Waals surface area (Å²) in [6.45, 7) is 2.88. The van der Waals surface area contributed by atoms with Gasteiger partial charge in [0.25, 0.3) is 5.91 Å². The molecule has 2 aliphatic heterocycles. The maximum absolute atomic E-state index is 12.8. The first-order valence-corrected chi connectivity index (χ1v) is 5.93. The quantitative estimate of drug-likeness (QED) is 0.746. The molecule has 0 radical (unpaired) electrons. The molecule has 5 nitrogen and oxygen atoms in total. The summed E-state index contributed by atoms with van der Waals surface area (Å²) in [7, 11) is 1.43. The minimum absolute atomic E-state index is 0.541. The molecule has 2 unspecified atom stereocenters. The second-order valence-electron chi connectivity index (χ2n) is 4.97. The minimum atomic E-state index is -4.54. The van der Waals surface area contributed by atoms with Crippen LogP contribution >= 0.6 is 0 Å². The van der Waals surface area contributed by atoms with Gasteiger partial charge < -0.3 is 10.2 Å². The maximum Gasteiger partial charge on any atom is 0.416 e. The number of urea groups is 1. The molecule has 20 heavy (non-hydrogen) atoms. The molecular weight excluding hydrogens is 275 g/mol. The number of nitrogens with zero attached hydrogens (tertiary/aromatic N) is 2. The van der Waals surface area contributed by atoms with Crippen molar-refractivity contribution in [2.75, 3.05) is 7.05 Å². The molecule has 2 heterocycles. The third-order valence-corrected chi connectivity index (χ3v) is 3.52. The van der Waals surface area contributed by atoms with Crippen molar-refractivity contribution in [2.24, 2.45) is 0 Å². The molecule has 0 bridgehead atoms. The fourth-order valence-corrected chi connectivity index (χ4v) is 2.20. The number of dihydropyridines is 1. The summed E-state index contributed by atoms with van der Waals surface area (Å²) in [4.78, 5) is 26.1. The van der Waals surface area contributed by atoms with Gasteiger partial charge in [0.1, 0.15) is 11.7 Å². The fourth-order valence-electron chi connectivity index (χ4n) is 2.20. The highest BCUT2D eigenvalue weighted by molar-refractivity contribution is 6.04. The first-order chi connectivity index (χ1) is 9.08. The lowest BCUT2D eigenvalue weighted by Crippen LogP contribution is -2.58. The topological polar surface area (TPSA) is 52.7 Å². The van der Waals surface area contributed by atoms with Gasteiger partial charge >= 0.3 is 12.2 Å². The van der Waals surface area contributed by atoms with Gasteiger partial charge in [-0.1, -0.05) is 0 Å². The second kappa shape index (κ2) is 4.26. The van der Waals surface area contributed by atoms with E-state index in [0.29, 0.717) is 0 Å². The Balaban J connectivity index is 2.42. The predicted molar refractivity (Wildman–Crippen MR) is 64.3 cm³/mol. The monoisotopic (exact) mass is 289 g/mol. The van der Waals surface area contributed by atoms with Crippen molar-refractivity contribution in [1.82, 2.24) is 15.1 Å². The lowest BCUT2D eigenvalue weighted by Gasteiger charge is -2.37. The number of alkyl halides is 3. The molecule has 1 N–H and O–H groups in total. The van der Waals surface area contributed by atoms with E-state index >= 15 is 0 Å². The summed E-state index contributed by atoms with van der Waals surface area (Å²) in [5, 5.41) is 2.64. The van der Waals surface area contributed by atoms with Crippen LogP contribution in [-0.4, -0.2) is 46.7 Å². The molecule has 1 saturated heterocycles. The van der Waals surface area contributed by atoms with Crippen LogP contribution in [0.25, 0.3) is 0 Å². The molecular formula is C12H14F3N3O2. The Hall–Kier alpha value is -1.99. The summed E-state index contributed by atoms with van der Waals surface area (Å²) < 4.78 is 38.3. The van der Waals surface area contributed by atoms with Gasteiger partial charge in [0.2, 0.25) is 0 Å². The average molecular weight is 289 g/mol. The Kier molecular flexibility index (Phi) is 3.07. The van der Waals surface area contributed by atoms with Gasteiger partial charge in [-0.15, -0.1) is 0 Å². The molecule has 110 valence electrons. The molecule has 0 aromatic rings. The fraction of sp³-hybridized carbons (Fsp3) is 0.500. The Labute approximate surface area is 113 Å². The molecule has 0 aromatic heterocycles. The van der Waals surface area contributed by atoms with Gasteiger partial charge in [-0.3, -0.25) is 4.79 Å². The third kappa shape index (κ3) is 2.04. The molecule has 0 aliphatic carbocycles. The van der Waals surface area contributed by atoms with Crippen LogP contribution in [0.4, 0.5) is 18.0 Å². The molecule has 2 rings (SSSR count). The zero-order chi connectivity index (χ0) is 15.3. The number of hydrogen-bond donors (Lipinski definition) is 1. The van der Waals surface area contributed by atoms with Crippen LogP contribution in [-0.2, 0) is 4.79 Å². The van der Waals surface area contributed by atoms with Gasteiger partial charge in [0, 0.05) is 7.05 Å². The molecule has 2 atom stereocenters. The zero-order valence-corrected chi connectivity index (χ0v) is 11.2. The van der Waals surface area contributed by atoms with Crippen molar-refractivity contribution in [1.29, 1.82) is 0 Å². The van der Waals surface area contributed by atoms with Crippen molar-refractivity contribution in [3.05, 3.63) is 23.9 Å². The molecule has 2 aliphatic rings. The lowest BCUT2D eigenvalue weighted by molar-refractivity contribution is -0.131. The van der Waals surface area contributed by atoms with Crippen LogP contribution in [0.1, 0.15) is 13.8 Å². The Morgan fingerprint density at radius 3 is 2.40 bits per heavy atom. The van der Waals surface area contributed by atoms with E-state index in [4.69, 9.17) is 0 Å². The van der Waals surface area contributed by atoms with Gasteiger partial charge in [-0.2, -0.15) is 13.2 Å². The van der Waals surface area contributed by atoms with Crippen LogP contribution in [0.2, 0.25) is 0 Å². The Bertz CT molecular complexity index is 507. The van der Waals surface area contributed by atoms with E-state index in [1.54, 1.807) is 0 Å². The molecule has 8 heteroatoms. The number of halogens is 3. The first-order valence-electron chi connectivity index (χ1n) is 5.93. The number of amides is 3. The van der Waals surface area contributed by atoms with Crippen LogP contribution in [0.3, 0.4) is 0 Å². The number of likely N-dealkylation sites (N-methyl/N-ethyl adjacent to an activating group) is 1. The minimum Gasteiger partial charge on any atom is -0.365 e. The Morgan fingerprint density at radius 1 is 1.35 bits per heavy atom. The van der Waals surface area contributed by atoms with Crippen LogP contribution in [0.5, 0.6) is 0 Å². The van der Waals surface area contributed by atoms with E-state index < -0.39 is 35.4 Å². The normalized spacial score (nSPS) is 30.7. The number of carbonyl (C=O) groups excluding carboxylic acids is 2. The van der Waals surface area contributed by atoms with Gasteiger partial charge in [-0.05, 0) is 32.2 Å². The smallest absolute Gasteiger partial charge is 0.365 e. The number of hydrogen-bond acceptors (Lipinski definition) is 3. The van der Waals surface area contributed by atoms with Crippen LogP contribution in [0, 0.1) is 0 Å². The van der Waals surface area contributed by atoms with Crippen molar-refractivity contribution < 1.29 is 22.8 Å². The number of carbonyl (C=O) groups is 2. The molecule has 3 amide bonds. The highest BCUT2D eigenvalue weighted by atomic mass is 19.4. The van der Waals surface area contributed by atoms with Crippen molar-refractivity contribution in [3.63, 3.8) is 0 Å². The SMILES string of the molecule is CC1C(=O)N(C2(C)C=C(C(F)(F)F)C=CN2)C(=O)N1C. The van der Waals surface area contributed by atoms with E-state index in [2.05, 4.69) is 5.32 Å². The van der Waals surface area contributed by atoms with E-state index in [9.17, 15) is 22.8 Å². The van der Waals surface area contributed by atoms with Crippen molar-refractivity contribution in [2.45, 2.75) is 31.7 Å². The van der Waals surface area contributed by atoms with Crippen LogP contribution in [0.15, 0.2) is 23.9 Å². The van der Waals surface area contributed by atoms with Crippen molar-refractivity contribution >= 4 is 11.9 Å². The molecule has 0 spiro atoms. The summed E-state index contributed by atoms with van der Waals surface area (Å²) in [6.07, 6.45) is -1.75. The standard InChI is InChI=1S/C12H14F3N3O2/c1-7-9(19)18(10(20)17(7)3)11(2)6-8(4-5-16-11)12(13,14)15/h4-7,16H,1-3H3. The third-order valence-electron chi connectivity index (χ3n) is 3.52. The Morgan fingerprint density at radius 2 is 1.95 bits per heavy atom. The summed E-state index contributed by atoms with van der Waals surface area (Å²) in [5.74, 6) is -0.541. The highest BCUT2D eigenvalue weighted by Gasteiger charge is 2.50. The van der Waals surface area contributed by atoms with E-state index in [-0.39, 0.29) is 0 Å². The summed E-state index contributed by atoms with van der Waals surface area (Å²) in [6, 6.07) is -1.33. The maximum atomic E-state index is 12.8. The van der Waals surface area contributed by atoms with Crippen LogP contribution < -0.4 is 5.32 Å². The van der Waals surface area contributed by atoms with Gasteiger partial charge in [0.05, 0.1) is 5.57 Å².